The SMILES string of the molecule is FC(F)(F)C(Cl)Cl.[Pb]. The summed E-state index contributed by atoms with van der Waals surface area (Å²) in [5.74, 6) is 0. The first-order valence-electron chi connectivity index (χ1n) is 1.29. The number of rotatable bonds is 0. The molecule has 0 aliphatic heterocycles. The van der Waals surface area contributed by atoms with Crippen molar-refractivity contribution in [3.8, 4) is 0 Å². The van der Waals surface area contributed by atoms with Gasteiger partial charge in [0.15, 0.2) is 0 Å². The number of halogens is 5. The molecule has 0 rings (SSSR count). The third-order valence-electron chi connectivity index (χ3n) is 0.247. The summed E-state index contributed by atoms with van der Waals surface area (Å²) >= 11 is 8.79. The van der Waals surface area contributed by atoms with Gasteiger partial charge in [-0.2, -0.15) is 13.2 Å². The van der Waals surface area contributed by atoms with Gasteiger partial charge in [-0.1, -0.05) is 23.2 Å². The molecule has 0 unspecified atom stereocenters. The van der Waals surface area contributed by atoms with E-state index in [1.54, 1.807) is 0 Å². The van der Waals surface area contributed by atoms with Crippen molar-refractivity contribution in [2.45, 2.75) is 11.0 Å². The fourth-order valence-corrected chi connectivity index (χ4v) is 0. The van der Waals surface area contributed by atoms with Crippen LogP contribution >= 0.6 is 23.2 Å². The van der Waals surface area contributed by atoms with Gasteiger partial charge in [-0.15, -0.1) is 0 Å². The topological polar surface area (TPSA) is 0 Å². The van der Waals surface area contributed by atoms with Crippen LogP contribution in [0.1, 0.15) is 0 Å². The number of hydrogen-bond donors (Lipinski definition) is 0. The Labute approximate surface area is 74.5 Å². The van der Waals surface area contributed by atoms with Gasteiger partial charge in [-0.25, -0.2) is 0 Å². The third-order valence-corrected chi connectivity index (χ3v) is 0.742. The normalized spacial score (nSPS) is 11.2. The smallest absolute Gasteiger partial charge is 0.168 e. The molecular formula is C2HCl2F3Pb. The maximum absolute atomic E-state index is 10.9. The maximum atomic E-state index is 10.9. The Bertz CT molecular complexity index is 60.8. The van der Waals surface area contributed by atoms with E-state index in [-0.39, 0.29) is 27.3 Å². The summed E-state index contributed by atoms with van der Waals surface area (Å²) in [6.45, 7) is 0. The molecule has 0 spiro atoms. The van der Waals surface area contributed by atoms with E-state index >= 15 is 0 Å². The average Bonchev–Trinajstić information content (AvgIpc) is 1.31. The Balaban J connectivity index is 0. The van der Waals surface area contributed by atoms with Crippen molar-refractivity contribution in [3.05, 3.63) is 0 Å². The van der Waals surface area contributed by atoms with Crippen LogP contribution in [0.3, 0.4) is 0 Å². The van der Waals surface area contributed by atoms with Gasteiger partial charge in [0.05, 0.1) is 0 Å². The van der Waals surface area contributed by atoms with E-state index in [9.17, 15) is 13.2 Å². The quantitative estimate of drug-likeness (QED) is 0.458. The van der Waals surface area contributed by atoms with Gasteiger partial charge in [0.25, 0.3) is 0 Å². The monoisotopic (exact) mass is 360 g/mol. The minimum atomic E-state index is -4.47. The van der Waals surface area contributed by atoms with Gasteiger partial charge < -0.3 is 0 Å². The molecule has 0 aliphatic carbocycles. The minimum Gasteiger partial charge on any atom is -0.168 e. The van der Waals surface area contributed by atoms with Crippen LogP contribution < -0.4 is 0 Å². The summed E-state index contributed by atoms with van der Waals surface area (Å²) in [7, 11) is 0. The molecule has 8 heavy (non-hydrogen) atoms. The van der Waals surface area contributed by atoms with Gasteiger partial charge in [0.2, 0.25) is 4.84 Å². The molecule has 0 heterocycles. The van der Waals surface area contributed by atoms with Gasteiger partial charge in [-0.05, 0) is 0 Å². The molecule has 0 bridgehead atoms. The molecule has 0 saturated heterocycles. The second-order valence-electron chi connectivity index (χ2n) is 0.842. The van der Waals surface area contributed by atoms with Crippen LogP contribution in [0.4, 0.5) is 13.2 Å². The van der Waals surface area contributed by atoms with Crippen molar-refractivity contribution in [3.63, 3.8) is 0 Å². The number of hydrogen-bond acceptors (Lipinski definition) is 0. The first-order chi connectivity index (χ1) is 2.94. The molecule has 0 amide bonds. The summed E-state index contributed by atoms with van der Waals surface area (Å²) in [4.78, 5) is -2.26. The average molecular weight is 360 g/mol. The summed E-state index contributed by atoms with van der Waals surface area (Å²) in [5.41, 5.74) is 0. The first kappa shape index (κ1) is 12.0. The van der Waals surface area contributed by atoms with E-state index in [2.05, 4.69) is 23.2 Å². The molecule has 0 N–H and O–H groups in total. The second kappa shape index (κ2) is 4.16. The molecule has 0 aromatic heterocycles. The Kier molecular flexibility index (Phi) is 6.25. The largest absolute Gasteiger partial charge is 0.418 e. The van der Waals surface area contributed by atoms with Gasteiger partial charge >= 0.3 is 6.18 Å². The van der Waals surface area contributed by atoms with Crippen LogP contribution in [0.5, 0.6) is 0 Å². The van der Waals surface area contributed by atoms with E-state index in [0.29, 0.717) is 0 Å². The summed E-state index contributed by atoms with van der Waals surface area (Å²) in [6.07, 6.45) is -4.47. The summed E-state index contributed by atoms with van der Waals surface area (Å²) in [5, 5.41) is 0. The van der Waals surface area contributed by atoms with E-state index in [1.165, 1.54) is 0 Å². The Morgan fingerprint density at radius 2 is 1.25 bits per heavy atom. The second-order valence-corrected chi connectivity index (χ2v) is 1.94. The summed E-state index contributed by atoms with van der Waals surface area (Å²) < 4.78 is 32.7. The fraction of sp³-hybridized carbons (Fsp3) is 1.00. The Hall–Kier alpha value is 1.29. The fourth-order valence-electron chi connectivity index (χ4n) is 0. The minimum absolute atomic E-state index is 0. The maximum Gasteiger partial charge on any atom is 0.418 e. The van der Waals surface area contributed by atoms with Gasteiger partial charge in [0, 0.05) is 27.3 Å². The van der Waals surface area contributed by atoms with Crippen LogP contribution in [0.2, 0.25) is 0 Å². The van der Waals surface area contributed by atoms with Crippen molar-refractivity contribution < 1.29 is 13.2 Å². The zero-order valence-electron chi connectivity index (χ0n) is 3.47. The van der Waals surface area contributed by atoms with Crippen LogP contribution in [0.25, 0.3) is 0 Å². The molecule has 0 fully saturated rings. The third kappa shape index (κ3) is 5.43. The van der Waals surface area contributed by atoms with Crippen LogP contribution in [0.15, 0.2) is 0 Å². The van der Waals surface area contributed by atoms with Crippen LogP contribution in [0, 0.1) is 0 Å². The molecule has 0 atom stereocenters. The molecule has 0 aliphatic rings. The Morgan fingerprint density at radius 1 is 1.12 bits per heavy atom. The molecule has 0 aromatic rings. The van der Waals surface area contributed by atoms with E-state index in [1.807, 2.05) is 0 Å². The molecule has 6 heteroatoms. The molecule has 0 aromatic carbocycles. The van der Waals surface area contributed by atoms with Gasteiger partial charge in [0.1, 0.15) is 0 Å². The number of alkyl halides is 5. The van der Waals surface area contributed by atoms with Crippen LogP contribution in [-0.2, 0) is 0 Å². The zero-order chi connectivity index (χ0) is 6.08. The summed E-state index contributed by atoms with van der Waals surface area (Å²) in [6, 6.07) is 0. The van der Waals surface area contributed by atoms with Crippen molar-refractivity contribution in [1.82, 2.24) is 0 Å². The molecule has 0 saturated carbocycles. The predicted octanol–water partition coefficient (Wildman–Crippen LogP) is 1.97. The van der Waals surface area contributed by atoms with E-state index in [4.69, 9.17) is 0 Å². The van der Waals surface area contributed by atoms with Crippen molar-refractivity contribution >= 4 is 50.5 Å². The van der Waals surface area contributed by atoms with Gasteiger partial charge in [-0.3, -0.25) is 0 Å². The van der Waals surface area contributed by atoms with Crippen molar-refractivity contribution in [2.75, 3.05) is 0 Å². The first-order valence-corrected chi connectivity index (χ1v) is 2.16. The molecule has 4 radical (unpaired) electrons. The molecule has 0 nitrogen and oxygen atoms in total. The van der Waals surface area contributed by atoms with E-state index in [0.717, 1.165) is 0 Å². The van der Waals surface area contributed by atoms with E-state index < -0.39 is 11.0 Å². The van der Waals surface area contributed by atoms with Crippen molar-refractivity contribution in [1.29, 1.82) is 0 Å². The predicted molar refractivity (Wildman–Crippen MR) is 27.3 cm³/mol. The standard InChI is InChI=1S/C2HCl2F3.Pb/c3-1(4)2(5,6)7;/h1H;. The Morgan fingerprint density at radius 3 is 1.25 bits per heavy atom. The zero-order valence-corrected chi connectivity index (χ0v) is 8.87. The molecule has 48 valence electrons. The molecular weight excluding hydrogens is 359 g/mol. The van der Waals surface area contributed by atoms with Crippen LogP contribution in [-0.4, -0.2) is 38.3 Å². The van der Waals surface area contributed by atoms with Crippen molar-refractivity contribution in [2.24, 2.45) is 0 Å².